The second-order valence-corrected chi connectivity index (χ2v) is 8.04. The Morgan fingerprint density at radius 2 is 1.80 bits per heavy atom. The SMILES string of the molecule is CC1CC(C)CN(Cc2ccc(CC(C)(C)C)nc2)C1. The van der Waals surface area contributed by atoms with Crippen molar-refractivity contribution in [3.05, 3.63) is 29.6 Å². The average Bonchev–Trinajstić information content (AvgIpc) is 2.28. The molecule has 1 aromatic heterocycles. The maximum Gasteiger partial charge on any atom is 0.0409 e. The quantitative estimate of drug-likeness (QED) is 0.823. The molecule has 0 bridgehead atoms. The van der Waals surface area contributed by atoms with Crippen LogP contribution in [0.25, 0.3) is 0 Å². The van der Waals surface area contributed by atoms with Gasteiger partial charge >= 0.3 is 0 Å². The van der Waals surface area contributed by atoms with Gasteiger partial charge in [0, 0.05) is 31.5 Å². The second-order valence-electron chi connectivity index (χ2n) is 8.04. The maximum atomic E-state index is 4.64. The maximum absolute atomic E-state index is 4.64. The van der Waals surface area contributed by atoms with Gasteiger partial charge < -0.3 is 0 Å². The normalized spacial score (nSPS) is 24.9. The number of pyridine rings is 1. The minimum Gasteiger partial charge on any atom is -0.298 e. The van der Waals surface area contributed by atoms with Crippen molar-refractivity contribution in [1.82, 2.24) is 9.88 Å². The lowest BCUT2D eigenvalue weighted by Crippen LogP contribution is -2.38. The highest BCUT2D eigenvalue weighted by Gasteiger charge is 2.21. The molecule has 0 aromatic carbocycles. The zero-order chi connectivity index (χ0) is 14.8. The van der Waals surface area contributed by atoms with Gasteiger partial charge in [-0.1, -0.05) is 40.7 Å². The van der Waals surface area contributed by atoms with Crippen LogP contribution in [0.15, 0.2) is 18.3 Å². The van der Waals surface area contributed by atoms with Crippen molar-refractivity contribution in [2.24, 2.45) is 17.3 Å². The van der Waals surface area contributed by atoms with Gasteiger partial charge in [0.15, 0.2) is 0 Å². The highest BCUT2D eigenvalue weighted by Crippen LogP contribution is 2.23. The van der Waals surface area contributed by atoms with Crippen LogP contribution in [0, 0.1) is 17.3 Å². The fourth-order valence-electron chi connectivity index (χ4n) is 3.38. The van der Waals surface area contributed by atoms with Crippen LogP contribution in [0.3, 0.4) is 0 Å². The molecule has 1 saturated heterocycles. The number of hydrogen-bond donors (Lipinski definition) is 0. The molecule has 2 heterocycles. The van der Waals surface area contributed by atoms with Crippen molar-refractivity contribution in [3.63, 3.8) is 0 Å². The Labute approximate surface area is 124 Å². The van der Waals surface area contributed by atoms with Crippen LogP contribution in [0.2, 0.25) is 0 Å². The fourth-order valence-corrected chi connectivity index (χ4v) is 3.38. The second kappa shape index (κ2) is 6.26. The Kier molecular flexibility index (Phi) is 4.85. The highest BCUT2D eigenvalue weighted by molar-refractivity contribution is 5.15. The van der Waals surface area contributed by atoms with E-state index in [1.807, 2.05) is 0 Å². The van der Waals surface area contributed by atoms with Gasteiger partial charge in [-0.15, -0.1) is 0 Å². The molecule has 0 aliphatic carbocycles. The first-order chi connectivity index (χ1) is 9.32. The minimum absolute atomic E-state index is 0.312. The van der Waals surface area contributed by atoms with E-state index in [2.05, 4.69) is 62.8 Å². The van der Waals surface area contributed by atoms with Crippen molar-refractivity contribution in [2.75, 3.05) is 13.1 Å². The van der Waals surface area contributed by atoms with E-state index in [0.717, 1.165) is 24.8 Å². The average molecular weight is 274 g/mol. The molecule has 1 aliphatic rings. The summed E-state index contributed by atoms with van der Waals surface area (Å²) in [6.45, 7) is 15.0. The van der Waals surface area contributed by atoms with Crippen LogP contribution in [-0.4, -0.2) is 23.0 Å². The highest BCUT2D eigenvalue weighted by atomic mass is 15.1. The lowest BCUT2D eigenvalue weighted by atomic mass is 9.90. The molecule has 2 atom stereocenters. The van der Waals surface area contributed by atoms with Crippen LogP contribution in [0.4, 0.5) is 0 Å². The molecule has 1 aromatic rings. The summed E-state index contributed by atoms with van der Waals surface area (Å²) in [5, 5.41) is 0. The molecular weight excluding hydrogens is 244 g/mol. The minimum atomic E-state index is 0.312. The van der Waals surface area contributed by atoms with E-state index in [1.54, 1.807) is 0 Å². The first kappa shape index (κ1) is 15.5. The molecule has 0 spiro atoms. The molecule has 2 heteroatoms. The molecule has 0 N–H and O–H groups in total. The lowest BCUT2D eigenvalue weighted by molar-refractivity contribution is 0.134. The van der Waals surface area contributed by atoms with Crippen molar-refractivity contribution in [1.29, 1.82) is 0 Å². The first-order valence-electron chi connectivity index (χ1n) is 7.98. The molecule has 1 fully saturated rings. The van der Waals surface area contributed by atoms with E-state index < -0.39 is 0 Å². The monoisotopic (exact) mass is 274 g/mol. The van der Waals surface area contributed by atoms with E-state index in [4.69, 9.17) is 0 Å². The summed E-state index contributed by atoms with van der Waals surface area (Å²) in [5.41, 5.74) is 2.87. The van der Waals surface area contributed by atoms with Crippen molar-refractivity contribution in [3.8, 4) is 0 Å². The summed E-state index contributed by atoms with van der Waals surface area (Å²) in [7, 11) is 0. The Morgan fingerprint density at radius 3 is 2.30 bits per heavy atom. The Morgan fingerprint density at radius 1 is 1.15 bits per heavy atom. The molecule has 0 amide bonds. The van der Waals surface area contributed by atoms with E-state index in [-0.39, 0.29) is 0 Å². The molecule has 2 rings (SSSR count). The van der Waals surface area contributed by atoms with Gasteiger partial charge in [0.2, 0.25) is 0 Å². The third-order valence-corrected chi connectivity index (χ3v) is 3.95. The van der Waals surface area contributed by atoms with Gasteiger partial charge in [-0.2, -0.15) is 0 Å². The van der Waals surface area contributed by atoms with Crippen LogP contribution in [-0.2, 0) is 13.0 Å². The third kappa shape index (κ3) is 4.90. The standard InChI is InChI=1S/C18H30N2/c1-14-8-15(2)12-20(11-14)13-16-6-7-17(19-10-16)9-18(3,4)5/h6-7,10,14-15H,8-9,11-13H2,1-5H3. The number of aromatic nitrogens is 1. The Balaban J connectivity index is 1.93. The van der Waals surface area contributed by atoms with Gasteiger partial charge in [0.1, 0.15) is 0 Å². The summed E-state index contributed by atoms with van der Waals surface area (Å²) in [6, 6.07) is 4.47. The first-order valence-corrected chi connectivity index (χ1v) is 7.98. The number of hydrogen-bond acceptors (Lipinski definition) is 2. The molecule has 0 radical (unpaired) electrons. The molecule has 1 aliphatic heterocycles. The van der Waals surface area contributed by atoms with Crippen molar-refractivity contribution >= 4 is 0 Å². The third-order valence-electron chi connectivity index (χ3n) is 3.95. The predicted octanol–water partition coefficient (Wildman–Crippen LogP) is 4.15. The number of likely N-dealkylation sites (tertiary alicyclic amines) is 1. The van der Waals surface area contributed by atoms with Gasteiger partial charge in [-0.25, -0.2) is 0 Å². The van der Waals surface area contributed by atoms with Crippen molar-refractivity contribution in [2.45, 2.75) is 54.0 Å². The molecule has 2 unspecified atom stereocenters. The summed E-state index contributed by atoms with van der Waals surface area (Å²) in [6.07, 6.45) is 4.50. The zero-order valence-electron chi connectivity index (χ0n) is 13.8. The van der Waals surface area contributed by atoms with E-state index in [0.29, 0.717) is 5.41 Å². The van der Waals surface area contributed by atoms with E-state index >= 15 is 0 Å². The van der Waals surface area contributed by atoms with Gasteiger partial charge in [0.25, 0.3) is 0 Å². The van der Waals surface area contributed by atoms with E-state index in [1.165, 1.54) is 30.8 Å². The molecular formula is C18H30N2. The summed E-state index contributed by atoms with van der Waals surface area (Å²) in [5.74, 6) is 1.65. The topological polar surface area (TPSA) is 16.1 Å². The lowest BCUT2D eigenvalue weighted by Gasteiger charge is -2.34. The van der Waals surface area contributed by atoms with Gasteiger partial charge in [-0.3, -0.25) is 9.88 Å². The summed E-state index contributed by atoms with van der Waals surface area (Å²) < 4.78 is 0. The van der Waals surface area contributed by atoms with Crippen LogP contribution < -0.4 is 0 Å². The number of piperidine rings is 1. The van der Waals surface area contributed by atoms with Crippen molar-refractivity contribution < 1.29 is 0 Å². The number of rotatable bonds is 3. The number of nitrogens with zero attached hydrogens (tertiary/aromatic N) is 2. The van der Waals surface area contributed by atoms with Crippen LogP contribution in [0.5, 0.6) is 0 Å². The summed E-state index contributed by atoms with van der Waals surface area (Å²) >= 11 is 0. The zero-order valence-corrected chi connectivity index (χ0v) is 13.8. The smallest absolute Gasteiger partial charge is 0.0409 e. The van der Waals surface area contributed by atoms with Crippen LogP contribution in [0.1, 0.15) is 52.3 Å². The van der Waals surface area contributed by atoms with Gasteiger partial charge in [-0.05, 0) is 41.7 Å². The fraction of sp³-hybridized carbons (Fsp3) is 0.722. The molecule has 112 valence electrons. The Hall–Kier alpha value is -0.890. The van der Waals surface area contributed by atoms with E-state index in [9.17, 15) is 0 Å². The Bertz CT molecular complexity index is 406. The predicted molar refractivity (Wildman–Crippen MR) is 85.6 cm³/mol. The molecule has 0 saturated carbocycles. The summed E-state index contributed by atoms with van der Waals surface area (Å²) in [4.78, 5) is 7.22. The molecule has 2 nitrogen and oxygen atoms in total. The van der Waals surface area contributed by atoms with Crippen LogP contribution >= 0.6 is 0 Å². The van der Waals surface area contributed by atoms with Gasteiger partial charge in [0.05, 0.1) is 0 Å². The largest absolute Gasteiger partial charge is 0.298 e. The molecule has 20 heavy (non-hydrogen) atoms.